The van der Waals surface area contributed by atoms with Gasteiger partial charge in [-0.15, -0.1) is 25.3 Å². The molecule has 2 N–H and O–H groups in total. The number of carbonyl (C=O) groups excluding carboxylic acids is 2. The topological polar surface area (TPSA) is 103 Å². The van der Waals surface area contributed by atoms with Crippen LogP contribution >= 0.6 is 25.3 Å². The summed E-state index contributed by atoms with van der Waals surface area (Å²) < 4.78 is 11.0. The third kappa shape index (κ3) is 8.45. The standard InChI is InChI=1S/C34H25N3O4S2/c35-26-17-29(40-33(38)24-5-1-22(2-6-24)20-36-27-9-13-31(42)14-10-27)19-30(18-26)41-34(39)25-7-3-23(4-8-25)21-37-28-11-15-32(43)16-12-28/h1-21,42-43H,35H2. The van der Waals surface area contributed by atoms with Crippen molar-refractivity contribution in [3.8, 4) is 11.5 Å². The molecule has 0 amide bonds. The number of hydrogen-bond acceptors (Lipinski definition) is 9. The van der Waals surface area contributed by atoms with Crippen molar-refractivity contribution >= 4 is 66.7 Å². The molecule has 0 bridgehead atoms. The summed E-state index contributed by atoms with van der Waals surface area (Å²) in [5.74, 6) is -0.892. The highest BCUT2D eigenvalue weighted by atomic mass is 32.1. The van der Waals surface area contributed by atoms with E-state index < -0.39 is 11.9 Å². The summed E-state index contributed by atoms with van der Waals surface area (Å²) in [6.45, 7) is 0. The van der Waals surface area contributed by atoms with Gasteiger partial charge in [-0.05, 0) is 83.9 Å². The number of carbonyl (C=O) groups is 2. The maximum atomic E-state index is 12.8. The van der Waals surface area contributed by atoms with E-state index in [1.807, 2.05) is 48.5 Å². The lowest BCUT2D eigenvalue weighted by atomic mass is 10.1. The Balaban J connectivity index is 1.19. The first-order chi connectivity index (χ1) is 20.8. The number of hydrogen-bond donors (Lipinski definition) is 3. The minimum Gasteiger partial charge on any atom is -0.423 e. The fourth-order valence-electron chi connectivity index (χ4n) is 3.83. The predicted octanol–water partition coefficient (Wildman–Crippen LogP) is 7.79. The van der Waals surface area contributed by atoms with Crippen LogP contribution in [0.25, 0.3) is 0 Å². The van der Waals surface area contributed by atoms with Crippen LogP contribution in [0.4, 0.5) is 17.1 Å². The highest BCUT2D eigenvalue weighted by Gasteiger charge is 2.13. The fraction of sp³-hybridized carbons (Fsp3) is 0. The Bertz CT molecular complexity index is 1670. The minimum atomic E-state index is -0.588. The maximum absolute atomic E-state index is 12.8. The van der Waals surface area contributed by atoms with E-state index in [-0.39, 0.29) is 17.2 Å². The predicted molar refractivity (Wildman–Crippen MR) is 176 cm³/mol. The lowest BCUT2D eigenvalue weighted by Crippen LogP contribution is -2.11. The molecule has 0 saturated heterocycles. The number of anilines is 1. The molecule has 0 saturated carbocycles. The molecule has 5 aromatic rings. The van der Waals surface area contributed by atoms with Gasteiger partial charge in [0.2, 0.25) is 0 Å². The van der Waals surface area contributed by atoms with Gasteiger partial charge in [-0.2, -0.15) is 0 Å². The Morgan fingerprint density at radius 1 is 0.558 bits per heavy atom. The molecule has 9 heteroatoms. The summed E-state index contributed by atoms with van der Waals surface area (Å²) in [6.07, 6.45) is 3.40. The summed E-state index contributed by atoms with van der Waals surface area (Å²) in [5, 5.41) is 0. The van der Waals surface area contributed by atoms with Crippen LogP contribution in [0.1, 0.15) is 31.8 Å². The second-order valence-corrected chi connectivity index (χ2v) is 10.3. The molecule has 0 spiro atoms. The normalized spacial score (nSPS) is 11.1. The van der Waals surface area contributed by atoms with Crippen molar-refractivity contribution in [1.82, 2.24) is 0 Å². The van der Waals surface area contributed by atoms with Crippen LogP contribution in [0.2, 0.25) is 0 Å². The molecule has 0 aliphatic carbocycles. The van der Waals surface area contributed by atoms with E-state index in [0.29, 0.717) is 11.1 Å². The zero-order valence-electron chi connectivity index (χ0n) is 22.6. The first-order valence-corrected chi connectivity index (χ1v) is 13.9. The fourth-order valence-corrected chi connectivity index (χ4v) is 4.13. The van der Waals surface area contributed by atoms with Crippen LogP contribution < -0.4 is 15.2 Å². The molecule has 0 aliphatic heterocycles. The Morgan fingerprint density at radius 3 is 1.30 bits per heavy atom. The zero-order valence-corrected chi connectivity index (χ0v) is 24.4. The van der Waals surface area contributed by atoms with Crippen molar-refractivity contribution in [2.24, 2.45) is 9.98 Å². The smallest absolute Gasteiger partial charge is 0.343 e. The second kappa shape index (κ2) is 13.7. The third-order valence-corrected chi connectivity index (χ3v) is 6.64. The van der Waals surface area contributed by atoms with Crippen LogP contribution in [0.3, 0.4) is 0 Å². The largest absolute Gasteiger partial charge is 0.423 e. The number of benzene rings is 5. The lowest BCUT2D eigenvalue weighted by Gasteiger charge is -2.09. The first-order valence-electron chi connectivity index (χ1n) is 13.0. The van der Waals surface area contributed by atoms with Crippen molar-refractivity contribution in [3.05, 3.63) is 138 Å². The lowest BCUT2D eigenvalue weighted by molar-refractivity contribution is 0.0733. The molecule has 0 heterocycles. The quantitative estimate of drug-likeness (QED) is 0.0552. The number of nitrogens with two attached hydrogens (primary N) is 1. The average Bonchev–Trinajstić information content (AvgIpc) is 3.00. The Morgan fingerprint density at radius 2 is 0.930 bits per heavy atom. The molecule has 0 unspecified atom stereocenters. The first kappa shape index (κ1) is 29.4. The Labute approximate surface area is 259 Å². The molecule has 212 valence electrons. The second-order valence-electron chi connectivity index (χ2n) is 9.31. The molecule has 0 aliphatic rings. The van der Waals surface area contributed by atoms with E-state index in [2.05, 4.69) is 35.2 Å². The Kier molecular flexibility index (Phi) is 9.36. The van der Waals surface area contributed by atoms with Crippen LogP contribution in [0.15, 0.2) is 135 Å². The third-order valence-electron chi connectivity index (χ3n) is 6.04. The van der Waals surface area contributed by atoms with Crippen molar-refractivity contribution in [3.63, 3.8) is 0 Å². The number of nitrogens with zero attached hydrogens (tertiary/aromatic N) is 2. The molecule has 7 nitrogen and oxygen atoms in total. The molecule has 5 aromatic carbocycles. The monoisotopic (exact) mass is 603 g/mol. The van der Waals surface area contributed by atoms with E-state index in [0.717, 1.165) is 32.3 Å². The molecule has 0 radical (unpaired) electrons. The molecular weight excluding hydrogens is 579 g/mol. The summed E-state index contributed by atoms with van der Waals surface area (Å²) in [7, 11) is 0. The van der Waals surface area contributed by atoms with E-state index in [1.165, 1.54) is 18.2 Å². The number of ether oxygens (including phenoxy) is 2. The SMILES string of the molecule is Nc1cc(OC(=O)c2ccc(C=Nc3ccc(S)cc3)cc2)cc(OC(=O)c2ccc(C=Nc3ccc(S)cc3)cc2)c1. The number of nitrogen functional groups attached to an aromatic ring is 1. The maximum Gasteiger partial charge on any atom is 0.343 e. The van der Waals surface area contributed by atoms with Crippen molar-refractivity contribution in [2.75, 3.05) is 5.73 Å². The van der Waals surface area contributed by atoms with Crippen molar-refractivity contribution in [1.29, 1.82) is 0 Å². The summed E-state index contributed by atoms with van der Waals surface area (Å²) in [6, 6.07) is 32.9. The summed E-state index contributed by atoms with van der Waals surface area (Å²) in [5.41, 5.74) is 10.1. The van der Waals surface area contributed by atoms with E-state index >= 15 is 0 Å². The summed E-state index contributed by atoms with van der Waals surface area (Å²) >= 11 is 8.53. The number of rotatable bonds is 8. The van der Waals surface area contributed by atoms with Gasteiger partial charge in [-0.3, -0.25) is 9.98 Å². The van der Waals surface area contributed by atoms with E-state index in [4.69, 9.17) is 15.2 Å². The highest BCUT2D eigenvalue weighted by Crippen LogP contribution is 2.26. The molecule has 0 aromatic heterocycles. The number of thiol groups is 2. The zero-order chi connectivity index (χ0) is 30.2. The molecule has 0 atom stereocenters. The molecular formula is C34H25N3O4S2. The van der Waals surface area contributed by atoms with Gasteiger partial charge in [-0.1, -0.05) is 24.3 Å². The van der Waals surface area contributed by atoms with Crippen molar-refractivity contribution < 1.29 is 19.1 Å². The van der Waals surface area contributed by atoms with Crippen molar-refractivity contribution in [2.45, 2.75) is 9.79 Å². The van der Waals surface area contributed by atoms with Gasteiger partial charge >= 0.3 is 11.9 Å². The summed E-state index contributed by atoms with van der Waals surface area (Å²) in [4.78, 5) is 36.1. The number of esters is 2. The van der Waals surface area contributed by atoms with E-state index in [1.54, 1.807) is 61.0 Å². The molecule has 0 fully saturated rings. The molecule has 5 rings (SSSR count). The van der Waals surface area contributed by atoms with Gasteiger partial charge in [-0.25, -0.2) is 9.59 Å². The Hall–Kier alpha value is -5.12. The van der Waals surface area contributed by atoms with Crippen LogP contribution in [0, 0.1) is 0 Å². The van der Waals surface area contributed by atoms with Gasteiger partial charge in [0.1, 0.15) is 11.5 Å². The van der Waals surface area contributed by atoms with Gasteiger partial charge in [0.15, 0.2) is 0 Å². The minimum absolute atomic E-state index is 0.142. The van der Waals surface area contributed by atoms with Gasteiger partial charge in [0, 0.05) is 46.1 Å². The molecule has 43 heavy (non-hydrogen) atoms. The van der Waals surface area contributed by atoms with Gasteiger partial charge in [0.25, 0.3) is 0 Å². The highest BCUT2D eigenvalue weighted by molar-refractivity contribution is 7.80. The van der Waals surface area contributed by atoms with Crippen LogP contribution in [-0.2, 0) is 0 Å². The van der Waals surface area contributed by atoms with Gasteiger partial charge < -0.3 is 15.2 Å². The number of aliphatic imine (C=N–C) groups is 2. The average molecular weight is 604 g/mol. The van der Waals surface area contributed by atoms with Crippen LogP contribution in [-0.4, -0.2) is 24.4 Å². The van der Waals surface area contributed by atoms with Gasteiger partial charge in [0.05, 0.1) is 22.5 Å². The van der Waals surface area contributed by atoms with E-state index in [9.17, 15) is 9.59 Å². The van der Waals surface area contributed by atoms with Crippen LogP contribution in [0.5, 0.6) is 11.5 Å².